The van der Waals surface area contributed by atoms with Gasteiger partial charge in [-0.3, -0.25) is 4.79 Å². The minimum atomic E-state index is -0.691. The number of H-pyrrole nitrogens is 1. The molecule has 0 bridgehead atoms. The molecule has 30 heavy (non-hydrogen) atoms. The summed E-state index contributed by atoms with van der Waals surface area (Å²) in [6.45, 7) is 6.51. The molecule has 0 aliphatic carbocycles. The van der Waals surface area contributed by atoms with Crippen LogP contribution in [0.15, 0.2) is 34.7 Å². The molecule has 1 amide bonds. The Morgan fingerprint density at radius 1 is 1.13 bits per heavy atom. The van der Waals surface area contributed by atoms with E-state index in [0.29, 0.717) is 17.0 Å². The van der Waals surface area contributed by atoms with Gasteiger partial charge in [-0.05, 0) is 45.4 Å². The summed E-state index contributed by atoms with van der Waals surface area (Å²) in [6, 6.07) is 9.01. The van der Waals surface area contributed by atoms with Crippen molar-refractivity contribution in [2.45, 2.75) is 33.7 Å². The minimum absolute atomic E-state index is 0.198. The number of rotatable bonds is 7. The lowest BCUT2D eigenvalue weighted by molar-refractivity contribution is -0.125. The van der Waals surface area contributed by atoms with Crippen LogP contribution in [-0.4, -0.2) is 36.0 Å². The average molecular weight is 412 g/mol. The summed E-state index contributed by atoms with van der Waals surface area (Å²) in [5.74, 6) is -1.10. The van der Waals surface area contributed by atoms with Crippen LogP contribution in [0.1, 0.15) is 57.8 Å². The molecule has 3 aromatic rings. The quantitative estimate of drug-likeness (QED) is 0.574. The topological polar surface area (TPSA) is 111 Å². The van der Waals surface area contributed by atoms with Crippen LogP contribution < -0.4 is 5.32 Å². The number of nitrogens with one attached hydrogen (secondary N) is 2. The van der Waals surface area contributed by atoms with Gasteiger partial charge in [0.15, 0.2) is 6.61 Å². The lowest BCUT2D eigenvalue weighted by Gasteiger charge is -2.11. The summed E-state index contributed by atoms with van der Waals surface area (Å²) in [5, 5.41) is 3.68. The molecule has 0 saturated heterocycles. The number of para-hydroxylation sites is 1. The lowest BCUT2D eigenvalue weighted by Crippen LogP contribution is -2.31. The van der Waals surface area contributed by atoms with Gasteiger partial charge in [0.25, 0.3) is 5.91 Å². The molecule has 8 nitrogen and oxygen atoms in total. The van der Waals surface area contributed by atoms with Gasteiger partial charge in [0, 0.05) is 11.1 Å². The van der Waals surface area contributed by atoms with E-state index in [9.17, 15) is 14.4 Å². The summed E-state index contributed by atoms with van der Waals surface area (Å²) in [7, 11) is 0. The van der Waals surface area contributed by atoms with Gasteiger partial charge in [0.2, 0.25) is 0 Å². The first-order valence-electron chi connectivity index (χ1n) is 9.63. The number of esters is 2. The number of carbonyl (C=O) groups excluding carboxylic acids is 3. The fraction of sp³-hybridized carbons (Fsp3) is 0.318. The zero-order valence-corrected chi connectivity index (χ0v) is 17.3. The van der Waals surface area contributed by atoms with E-state index < -0.39 is 30.5 Å². The third-order valence-corrected chi connectivity index (χ3v) is 4.70. The third-order valence-electron chi connectivity index (χ3n) is 4.70. The molecule has 2 aromatic heterocycles. The molecule has 0 aliphatic rings. The molecule has 0 unspecified atom stereocenters. The molecule has 3 rings (SSSR count). The number of aromatic amines is 1. The molecule has 0 saturated carbocycles. The highest BCUT2D eigenvalue weighted by molar-refractivity contribution is 5.99. The number of ether oxygens (including phenoxy) is 2. The van der Waals surface area contributed by atoms with E-state index in [2.05, 4.69) is 10.3 Å². The zero-order chi connectivity index (χ0) is 21.8. The van der Waals surface area contributed by atoms with Gasteiger partial charge in [-0.25, -0.2) is 9.59 Å². The Bertz CT molecular complexity index is 1060. The van der Waals surface area contributed by atoms with Gasteiger partial charge < -0.3 is 24.2 Å². The van der Waals surface area contributed by atoms with E-state index >= 15 is 0 Å². The first kappa shape index (κ1) is 21.2. The fourth-order valence-electron chi connectivity index (χ4n) is 3.24. The van der Waals surface area contributed by atoms with E-state index in [4.69, 9.17) is 13.9 Å². The van der Waals surface area contributed by atoms with Crippen LogP contribution in [0.4, 0.5) is 0 Å². The Morgan fingerprint density at radius 3 is 2.57 bits per heavy atom. The Balaban J connectivity index is 1.60. The number of furan rings is 1. The van der Waals surface area contributed by atoms with Crippen molar-refractivity contribution in [3.8, 4) is 0 Å². The molecule has 2 N–H and O–H groups in total. The van der Waals surface area contributed by atoms with Crippen molar-refractivity contribution in [2.75, 3.05) is 13.2 Å². The van der Waals surface area contributed by atoms with Crippen molar-refractivity contribution in [1.82, 2.24) is 10.3 Å². The maximum absolute atomic E-state index is 12.5. The van der Waals surface area contributed by atoms with Crippen molar-refractivity contribution in [3.05, 3.63) is 58.6 Å². The summed E-state index contributed by atoms with van der Waals surface area (Å²) >= 11 is 0. The predicted molar refractivity (Wildman–Crippen MR) is 109 cm³/mol. The zero-order valence-electron chi connectivity index (χ0n) is 17.3. The maximum Gasteiger partial charge on any atom is 0.355 e. The van der Waals surface area contributed by atoms with Gasteiger partial charge in [0.1, 0.15) is 17.0 Å². The molecular weight excluding hydrogens is 388 g/mol. The van der Waals surface area contributed by atoms with Crippen LogP contribution in [0.5, 0.6) is 0 Å². The first-order chi connectivity index (χ1) is 14.3. The molecule has 0 aliphatic heterocycles. The van der Waals surface area contributed by atoms with Gasteiger partial charge in [-0.1, -0.05) is 18.2 Å². The van der Waals surface area contributed by atoms with Crippen LogP contribution >= 0.6 is 0 Å². The van der Waals surface area contributed by atoms with Gasteiger partial charge >= 0.3 is 11.9 Å². The number of amides is 1. The predicted octanol–water partition coefficient (Wildman–Crippen LogP) is 3.59. The van der Waals surface area contributed by atoms with Crippen molar-refractivity contribution >= 4 is 28.8 Å². The molecule has 0 radical (unpaired) electrons. The smallest absolute Gasteiger partial charge is 0.355 e. The summed E-state index contributed by atoms with van der Waals surface area (Å²) < 4.78 is 15.8. The van der Waals surface area contributed by atoms with Crippen molar-refractivity contribution in [1.29, 1.82) is 0 Å². The number of fused-ring (bicyclic) bond motifs is 1. The van der Waals surface area contributed by atoms with E-state index in [1.807, 2.05) is 30.3 Å². The van der Waals surface area contributed by atoms with Crippen LogP contribution in [0.3, 0.4) is 0 Å². The van der Waals surface area contributed by atoms with Gasteiger partial charge in [-0.15, -0.1) is 0 Å². The highest BCUT2D eigenvalue weighted by Crippen LogP contribution is 2.23. The monoisotopic (exact) mass is 412 g/mol. The fourth-order valence-corrected chi connectivity index (χ4v) is 3.24. The summed E-state index contributed by atoms with van der Waals surface area (Å²) in [4.78, 5) is 39.5. The number of hydrogen-bond acceptors (Lipinski definition) is 6. The van der Waals surface area contributed by atoms with Gasteiger partial charge in [-0.2, -0.15) is 0 Å². The third kappa shape index (κ3) is 4.37. The number of aryl methyl sites for hydroxylation is 1. The SMILES string of the molecule is CCOC(=O)c1[nH]c(C)c(C(=O)OCC(=O)N[C@H](C)c2cc3ccccc3o2)c1C. The second kappa shape index (κ2) is 8.86. The van der Waals surface area contributed by atoms with E-state index in [1.54, 1.807) is 27.7 Å². The highest BCUT2D eigenvalue weighted by Gasteiger charge is 2.24. The van der Waals surface area contributed by atoms with Crippen molar-refractivity contribution in [3.63, 3.8) is 0 Å². The lowest BCUT2D eigenvalue weighted by atomic mass is 10.1. The molecule has 1 atom stereocenters. The molecule has 158 valence electrons. The second-order valence-electron chi connectivity index (χ2n) is 6.90. The minimum Gasteiger partial charge on any atom is -0.461 e. The molecule has 2 heterocycles. The van der Waals surface area contributed by atoms with Crippen LogP contribution in [-0.2, 0) is 14.3 Å². The first-order valence-corrected chi connectivity index (χ1v) is 9.63. The Kier molecular flexibility index (Phi) is 6.25. The maximum atomic E-state index is 12.5. The number of hydrogen-bond donors (Lipinski definition) is 2. The summed E-state index contributed by atoms with van der Waals surface area (Å²) in [5.41, 5.74) is 2.04. The number of benzene rings is 1. The van der Waals surface area contributed by atoms with Crippen molar-refractivity contribution < 1.29 is 28.3 Å². The second-order valence-corrected chi connectivity index (χ2v) is 6.90. The van der Waals surface area contributed by atoms with E-state index in [1.165, 1.54) is 0 Å². The summed E-state index contributed by atoms with van der Waals surface area (Å²) in [6.07, 6.45) is 0. The normalized spacial score (nSPS) is 11.9. The Labute approximate surface area is 173 Å². The molecule has 0 fully saturated rings. The van der Waals surface area contributed by atoms with E-state index in [-0.39, 0.29) is 17.9 Å². The standard InChI is InChI=1S/C22H24N2O6/c1-5-28-22(27)20-12(2)19(14(4)24-20)21(26)29-11-18(25)23-13(3)17-10-15-8-6-7-9-16(15)30-17/h6-10,13,24H,5,11H2,1-4H3,(H,23,25)/t13-/m1/s1. The van der Waals surface area contributed by atoms with Gasteiger partial charge in [0.05, 0.1) is 18.2 Å². The van der Waals surface area contributed by atoms with Crippen LogP contribution in [0.2, 0.25) is 0 Å². The largest absolute Gasteiger partial charge is 0.461 e. The molecule has 1 aromatic carbocycles. The molecular formula is C22H24N2O6. The van der Waals surface area contributed by atoms with Crippen LogP contribution in [0.25, 0.3) is 11.0 Å². The molecule has 0 spiro atoms. The van der Waals surface area contributed by atoms with E-state index in [0.717, 1.165) is 11.0 Å². The molecule has 8 heteroatoms. The average Bonchev–Trinajstić information content (AvgIpc) is 3.27. The highest BCUT2D eigenvalue weighted by atomic mass is 16.5. The Morgan fingerprint density at radius 2 is 1.87 bits per heavy atom. The number of carbonyl (C=O) groups is 3. The van der Waals surface area contributed by atoms with Crippen molar-refractivity contribution in [2.24, 2.45) is 0 Å². The Hall–Kier alpha value is -3.55. The number of aromatic nitrogens is 1. The van der Waals surface area contributed by atoms with Crippen LogP contribution in [0, 0.1) is 13.8 Å².